The standard InChI is InChI=1S/C15H18ClFN4/c16-10-7-4-8-11(17)12(10)13-14(18)21(19)15(20-13)9-5-2-1-3-6-9/h4,7-9H,1-3,5-6,18-19H2. The molecule has 1 aliphatic carbocycles. The van der Waals surface area contributed by atoms with Crippen molar-refractivity contribution in [3.8, 4) is 11.3 Å². The molecule has 1 aliphatic rings. The molecular formula is C15H18ClFN4. The van der Waals surface area contributed by atoms with Gasteiger partial charge in [-0.05, 0) is 25.0 Å². The van der Waals surface area contributed by atoms with E-state index in [0.29, 0.717) is 5.69 Å². The number of halogens is 2. The molecule has 0 atom stereocenters. The normalized spacial score (nSPS) is 16.3. The van der Waals surface area contributed by atoms with E-state index < -0.39 is 5.82 Å². The van der Waals surface area contributed by atoms with Crippen molar-refractivity contribution in [2.75, 3.05) is 11.6 Å². The molecule has 1 fully saturated rings. The van der Waals surface area contributed by atoms with Gasteiger partial charge in [-0.25, -0.2) is 14.1 Å². The van der Waals surface area contributed by atoms with Gasteiger partial charge in [0.05, 0.1) is 10.6 Å². The van der Waals surface area contributed by atoms with E-state index in [1.807, 2.05) is 0 Å². The van der Waals surface area contributed by atoms with Crippen molar-refractivity contribution in [2.45, 2.75) is 38.0 Å². The third kappa shape index (κ3) is 2.46. The predicted molar refractivity (Wildman–Crippen MR) is 83.0 cm³/mol. The summed E-state index contributed by atoms with van der Waals surface area (Å²) in [7, 11) is 0. The first-order chi connectivity index (χ1) is 10.1. The largest absolute Gasteiger partial charge is 0.382 e. The van der Waals surface area contributed by atoms with Crippen LogP contribution in [0.2, 0.25) is 5.02 Å². The Labute approximate surface area is 127 Å². The summed E-state index contributed by atoms with van der Waals surface area (Å²) >= 11 is 6.10. The van der Waals surface area contributed by atoms with Crippen LogP contribution in [0.4, 0.5) is 10.2 Å². The molecule has 1 aromatic carbocycles. The number of nitrogens with two attached hydrogens (primary N) is 2. The second-order valence-corrected chi connectivity index (χ2v) is 5.91. The van der Waals surface area contributed by atoms with Gasteiger partial charge in [-0.3, -0.25) is 0 Å². The van der Waals surface area contributed by atoms with Crippen molar-refractivity contribution in [3.05, 3.63) is 34.9 Å². The van der Waals surface area contributed by atoms with E-state index in [4.69, 9.17) is 23.2 Å². The lowest BCUT2D eigenvalue weighted by Crippen LogP contribution is -2.19. The fourth-order valence-corrected chi connectivity index (χ4v) is 3.27. The zero-order chi connectivity index (χ0) is 15.0. The first kappa shape index (κ1) is 14.2. The van der Waals surface area contributed by atoms with Gasteiger partial charge in [0.25, 0.3) is 0 Å². The lowest BCUT2D eigenvalue weighted by Gasteiger charge is -2.20. The van der Waals surface area contributed by atoms with Gasteiger partial charge in [0, 0.05) is 5.92 Å². The molecule has 112 valence electrons. The molecule has 0 bridgehead atoms. The third-order valence-electron chi connectivity index (χ3n) is 4.15. The van der Waals surface area contributed by atoms with Crippen LogP contribution in [0.1, 0.15) is 43.8 Å². The van der Waals surface area contributed by atoms with Gasteiger partial charge in [0.2, 0.25) is 0 Å². The zero-order valence-corrected chi connectivity index (χ0v) is 12.4. The summed E-state index contributed by atoms with van der Waals surface area (Å²) in [6.07, 6.45) is 5.64. The summed E-state index contributed by atoms with van der Waals surface area (Å²) in [5.41, 5.74) is 6.58. The van der Waals surface area contributed by atoms with E-state index in [2.05, 4.69) is 4.98 Å². The van der Waals surface area contributed by atoms with Crippen molar-refractivity contribution in [2.24, 2.45) is 0 Å². The summed E-state index contributed by atoms with van der Waals surface area (Å²) in [6.45, 7) is 0. The van der Waals surface area contributed by atoms with Crippen LogP contribution in [0, 0.1) is 5.82 Å². The molecule has 1 aromatic heterocycles. The summed E-state index contributed by atoms with van der Waals surface area (Å²) in [4.78, 5) is 4.51. The van der Waals surface area contributed by atoms with Crippen molar-refractivity contribution < 1.29 is 4.39 Å². The zero-order valence-electron chi connectivity index (χ0n) is 11.6. The minimum atomic E-state index is -0.442. The Morgan fingerprint density at radius 1 is 1.24 bits per heavy atom. The molecule has 1 heterocycles. The number of nitrogens with zero attached hydrogens (tertiary/aromatic N) is 2. The van der Waals surface area contributed by atoms with Crippen LogP contribution in [0.3, 0.4) is 0 Å². The van der Waals surface area contributed by atoms with Crippen LogP contribution >= 0.6 is 11.6 Å². The Balaban J connectivity index is 2.08. The third-order valence-corrected chi connectivity index (χ3v) is 4.46. The molecule has 1 saturated carbocycles. The van der Waals surface area contributed by atoms with E-state index >= 15 is 0 Å². The Morgan fingerprint density at radius 3 is 2.62 bits per heavy atom. The van der Waals surface area contributed by atoms with Crippen molar-refractivity contribution in [1.82, 2.24) is 9.66 Å². The molecular weight excluding hydrogens is 291 g/mol. The lowest BCUT2D eigenvalue weighted by atomic mass is 9.89. The van der Waals surface area contributed by atoms with Gasteiger partial charge < -0.3 is 11.6 Å². The van der Waals surface area contributed by atoms with Crippen LogP contribution in [-0.4, -0.2) is 9.66 Å². The van der Waals surface area contributed by atoms with E-state index in [-0.39, 0.29) is 22.3 Å². The highest BCUT2D eigenvalue weighted by molar-refractivity contribution is 6.33. The van der Waals surface area contributed by atoms with Gasteiger partial charge in [-0.1, -0.05) is 36.9 Å². The molecule has 21 heavy (non-hydrogen) atoms. The van der Waals surface area contributed by atoms with Gasteiger partial charge in [0.1, 0.15) is 17.3 Å². The molecule has 0 amide bonds. The van der Waals surface area contributed by atoms with Gasteiger partial charge in [-0.15, -0.1) is 0 Å². The Hall–Kier alpha value is -1.75. The van der Waals surface area contributed by atoms with E-state index in [9.17, 15) is 4.39 Å². The smallest absolute Gasteiger partial charge is 0.151 e. The second-order valence-electron chi connectivity index (χ2n) is 5.51. The number of benzene rings is 1. The molecule has 3 rings (SSSR count). The number of anilines is 1. The maximum absolute atomic E-state index is 14.1. The molecule has 0 unspecified atom stereocenters. The van der Waals surface area contributed by atoms with Gasteiger partial charge >= 0.3 is 0 Å². The monoisotopic (exact) mass is 308 g/mol. The molecule has 2 aromatic rings. The molecule has 4 N–H and O–H groups in total. The van der Waals surface area contributed by atoms with E-state index in [1.165, 1.54) is 17.2 Å². The summed E-state index contributed by atoms with van der Waals surface area (Å²) < 4.78 is 15.5. The predicted octanol–water partition coefficient (Wildman–Crippen LogP) is 3.69. The highest BCUT2D eigenvalue weighted by Crippen LogP contribution is 2.38. The Morgan fingerprint density at radius 2 is 1.95 bits per heavy atom. The lowest BCUT2D eigenvalue weighted by molar-refractivity contribution is 0.424. The van der Waals surface area contributed by atoms with Crippen molar-refractivity contribution >= 4 is 17.4 Å². The van der Waals surface area contributed by atoms with Crippen molar-refractivity contribution in [3.63, 3.8) is 0 Å². The summed E-state index contributed by atoms with van der Waals surface area (Å²) in [5.74, 6) is 6.85. The number of hydrogen-bond acceptors (Lipinski definition) is 3. The molecule has 0 spiro atoms. The Bertz CT molecular complexity index is 642. The van der Waals surface area contributed by atoms with E-state index in [1.54, 1.807) is 12.1 Å². The first-order valence-electron chi connectivity index (χ1n) is 7.17. The van der Waals surface area contributed by atoms with Crippen LogP contribution in [0.25, 0.3) is 11.3 Å². The van der Waals surface area contributed by atoms with Gasteiger partial charge in [-0.2, -0.15) is 0 Å². The average Bonchev–Trinajstić information content (AvgIpc) is 2.77. The summed E-state index contributed by atoms with van der Waals surface area (Å²) in [5, 5.41) is 0.287. The maximum atomic E-state index is 14.1. The SMILES string of the molecule is Nc1c(-c2c(F)cccc2Cl)nc(C2CCCCC2)n1N. The number of rotatable bonds is 2. The van der Waals surface area contributed by atoms with Crippen LogP contribution in [-0.2, 0) is 0 Å². The van der Waals surface area contributed by atoms with Crippen LogP contribution in [0.15, 0.2) is 18.2 Å². The molecule has 0 aliphatic heterocycles. The fourth-order valence-electron chi connectivity index (χ4n) is 3.02. The highest BCUT2D eigenvalue weighted by atomic mass is 35.5. The number of imidazole rings is 1. The molecule has 6 heteroatoms. The maximum Gasteiger partial charge on any atom is 0.151 e. The quantitative estimate of drug-likeness (QED) is 0.831. The van der Waals surface area contributed by atoms with Crippen molar-refractivity contribution in [1.29, 1.82) is 0 Å². The summed E-state index contributed by atoms with van der Waals surface area (Å²) in [6, 6.07) is 4.52. The minimum absolute atomic E-state index is 0.220. The Kier molecular flexibility index (Phi) is 3.76. The molecule has 0 radical (unpaired) electrons. The minimum Gasteiger partial charge on any atom is -0.382 e. The topological polar surface area (TPSA) is 69.9 Å². The number of hydrogen-bond donors (Lipinski definition) is 2. The molecule has 4 nitrogen and oxygen atoms in total. The van der Waals surface area contributed by atoms with Crippen LogP contribution < -0.4 is 11.6 Å². The number of aromatic nitrogens is 2. The van der Waals surface area contributed by atoms with Crippen LogP contribution in [0.5, 0.6) is 0 Å². The first-order valence-corrected chi connectivity index (χ1v) is 7.55. The average molecular weight is 309 g/mol. The highest BCUT2D eigenvalue weighted by Gasteiger charge is 2.25. The fraction of sp³-hybridized carbons (Fsp3) is 0.400. The van der Waals surface area contributed by atoms with E-state index in [0.717, 1.165) is 31.5 Å². The molecule has 0 saturated heterocycles. The van der Waals surface area contributed by atoms with Gasteiger partial charge in [0.15, 0.2) is 5.82 Å². The number of nitrogen functional groups attached to an aromatic ring is 2. The second kappa shape index (κ2) is 5.56.